The van der Waals surface area contributed by atoms with Gasteiger partial charge >= 0.3 is 18.2 Å². The van der Waals surface area contributed by atoms with E-state index in [1.54, 1.807) is 4.90 Å². The molecule has 0 radical (unpaired) electrons. The zero-order valence-electron chi connectivity index (χ0n) is 17.8. The molecule has 172 valence electrons. The van der Waals surface area contributed by atoms with Gasteiger partial charge in [0.05, 0.1) is 18.0 Å². The number of carbonyl (C=O) groups is 2. The van der Waals surface area contributed by atoms with Gasteiger partial charge in [0.2, 0.25) is 0 Å². The molecule has 0 bridgehead atoms. The number of pyridine rings is 1. The molecular weight excluding hydrogens is 423 g/mol. The number of halogens is 3. The van der Waals surface area contributed by atoms with Crippen molar-refractivity contribution >= 4 is 12.0 Å². The second kappa shape index (κ2) is 10.0. The Labute approximate surface area is 184 Å². The summed E-state index contributed by atoms with van der Waals surface area (Å²) in [6, 6.07) is 9.06. The molecule has 6 nitrogen and oxygen atoms in total. The first-order valence-electron chi connectivity index (χ1n) is 10.6. The highest BCUT2D eigenvalue weighted by molar-refractivity contribution is 5.78. The highest BCUT2D eigenvalue weighted by atomic mass is 19.4. The molecule has 1 fully saturated rings. The topological polar surface area (TPSA) is 73.7 Å². The number of hydrogen-bond donors (Lipinski definition) is 1. The number of rotatable bonds is 9. The fourth-order valence-corrected chi connectivity index (χ4v) is 3.91. The molecular formula is C23H26F3N3O3. The number of carbonyl (C=O) groups excluding carboxylic acids is 1. The maximum atomic E-state index is 13.1. The van der Waals surface area contributed by atoms with Gasteiger partial charge in [-0.15, -0.1) is 0 Å². The van der Waals surface area contributed by atoms with Gasteiger partial charge in [-0.05, 0) is 49.1 Å². The molecule has 0 unspecified atom stereocenters. The van der Waals surface area contributed by atoms with E-state index in [9.17, 15) is 27.9 Å². The van der Waals surface area contributed by atoms with Crippen LogP contribution in [0.25, 0.3) is 0 Å². The number of alkyl halides is 3. The zero-order chi connectivity index (χ0) is 23.3. The predicted molar refractivity (Wildman–Crippen MR) is 112 cm³/mol. The van der Waals surface area contributed by atoms with Crippen molar-refractivity contribution in [1.29, 1.82) is 0 Å². The third-order valence-corrected chi connectivity index (χ3v) is 5.56. The highest BCUT2D eigenvalue weighted by Gasteiger charge is 2.37. The number of benzene rings is 1. The Morgan fingerprint density at radius 1 is 1.16 bits per heavy atom. The molecule has 1 atom stereocenters. The van der Waals surface area contributed by atoms with Crippen LogP contribution in [0.15, 0.2) is 42.5 Å². The number of aryl methyl sites for hydroxylation is 2. The molecule has 1 saturated heterocycles. The number of urea groups is 1. The summed E-state index contributed by atoms with van der Waals surface area (Å²) in [7, 11) is 0. The molecule has 9 heteroatoms. The Hall–Kier alpha value is -3.10. The second-order valence-corrected chi connectivity index (χ2v) is 7.78. The Morgan fingerprint density at radius 2 is 1.88 bits per heavy atom. The summed E-state index contributed by atoms with van der Waals surface area (Å²) in [6.45, 7) is 3.16. The van der Waals surface area contributed by atoms with E-state index >= 15 is 0 Å². The molecule has 2 amide bonds. The lowest BCUT2D eigenvalue weighted by Crippen LogP contribution is -2.36. The van der Waals surface area contributed by atoms with Crippen LogP contribution >= 0.6 is 0 Å². The van der Waals surface area contributed by atoms with Crippen molar-refractivity contribution in [2.24, 2.45) is 0 Å². The summed E-state index contributed by atoms with van der Waals surface area (Å²) in [6.07, 6.45) is -2.78. The van der Waals surface area contributed by atoms with Crippen LogP contribution in [0.2, 0.25) is 0 Å². The standard InChI is InChI=1S/C23H26F3N3O3/c1-2-18-8-4-9-19(27-18)10-5-11-28-12-13-29(22(28)32)20(15-21(30)31)16-6-3-7-17(14-16)23(24,25)26/h3-4,6-9,14,20H,2,5,10-13,15H2,1H3,(H,30,31)/t20-/m0/s1. The minimum atomic E-state index is -4.55. The number of hydrogen-bond acceptors (Lipinski definition) is 3. The van der Waals surface area contributed by atoms with Gasteiger partial charge in [-0.1, -0.05) is 25.1 Å². The van der Waals surface area contributed by atoms with Crippen LogP contribution < -0.4 is 0 Å². The number of carboxylic acids is 1. The summed E-state index contributed by atoms with van der Waals surface area (Å²) in [4.78, 5) is 31.9. The van der Waals surface area contributed by atoms with Crippen LogP contribution in [0, 0.1) is 0 Å². The Morgan fingerprint density at radius 3 is 2.56 bits per heavy atom. The summed E-state index contributed by atoms with van der Waals surface area (Å²) in [5.74, 6) is -1.18. The van der Waals surface area contributed by atoms with E-state index in [2.05, 4.69) is 4.98 Å². The van der Waals surface area contributed by atoms with E-state index in [1.807, 2.05) is 25.1 Å². The fraction of sp³-hybridized carbons (Fsp3) is 0.435. The first kappa shape index (κ1) is 23.6. The quantitative estimate of drug-likeness (QED) is 0.610. The van der Waals surface area contributed by atoms with Gasteiger partial charge in [-0.3, -0.25) is 9.78 Å². The molecule has 3 rings (SSSR count). The van der Waals surface area contributed by atoms with Gasteiger partial charge in [-0.2, -0.15) is 13.2 Å². The van der Waals surface area contributed by atoms with E-state index in [4.69, 9.17) is 0 Å². The van der Waals surface area contributed by atoms with E-state index < -0.39 is 30.2 Å². The highest BCUT2D eigenvalue weighted by Crippen LogP contribution is 2.34. The van der Waals surface area contributed by atoms with E-state index in [0.717, 1.165) is 29.9 Å². The lowest BCUT2D eigenvalue weighted by atomic mass is 10.00. The molecule has 1 N–H and O–H groups in total. The lowest BCUT2D eigenvalue weighted by molar-refractivity contribution is -0.138. The van der Waals surface area contributed by atoms with Gasteiger partial charge in [0.15, 0.2) is 0 Å². The number of amides is 2. The first-order valence-corrected chi connectivity index (χ1v) is 10.6. The molecule has 2 aromatic rings. The maximum Gasteiger partial charge on any atom is 0.416 e. The number of aliphatic carboxylic acids is 1. The first-order chi connectivity index (χ1) is 15.2. The van der Waals surface area contributed by atoms with Crippen LogP contribution in [0.4, 0.5) is 18.0 Å². The SMILES string of the molecule is CCc1cccc(CCCN2CCN([C@@H](CC(=O)O)c3cccc(C(F)(F)F)c3)C2=O)n1. The summed E-state index contributed by atoms with van der Waals surface area (Å²) in [5, 5.41) is 9.32. The number of aromatic nitrogens is 1. The van der Waals surface area contributed by atoms with E-state index in [1.165, 1.54) is 17.0 Å². The van der Waals surface area contributed by atoms with E-state index in [-0.39, 0.29) is 18.1 Å². The lowest BCUT2D eigenvalue weighted by Gasteiger charge is -2.28. The van der Waals surface area contributed by atoms with Crippen molar-refractivity contribution in [3.05, 3.63) is 65.0 Å². The van der Waals surface area contributed by atoms with Crippen molar-refractivity contribution in [1.82, 2.24) is 14.8 Å². The Balaban J connectivity index is 1.68. The normalized spacial score (nSPS) is 15.3. The van der Waals surface area contributed by atoms with Gasteiger partial charge in [-0.25, -0.2) is 4.79 Å². The molecule has 1 aromatic carbocycles. The van der Waals surface area contributed by atoms with Gasteiger partial charge in [0.25, 0.3) is 0 Å². The number of carboxylic acid groups (broad SMARTS) is 1. The predicted octanol–water partition coefficient (Wildman–Crippen LogP) is 4.55. The van der Waals surface area contributed by atoms with Crippen molar-refractivity contribution < 1.29 is 27.9 Å². The third kappa shape index (κ3) is 5.77. The Kier molecular flexibility index (Phi) is 7.37. The third-order valence-electron chi connectivity index (χ3n) is 5.56. The van der Waals surface area contributed by atoms with Crippen LogP contribution in [-0.2, 0) is 23.8 Å². The van der Waals surface area contributed by atoms with Crippen molar-refractivity contribution in [3.8, 4) is 0 Å². The van der Waals surface area contributed by atoms with Crippen LogP contribution in [0.5, 0.6) is 0 Å². The summed E-state index contributed by atoms with van der Waals surface area (Å²) in [5.41, 5.74) is 1.25. The van der Waals surface area contributed by atoms with Crippen LogP contribution in [0.1, 0.15) is 48.3 Å². The molecule has 0 aliphatic carbocycles. The minimum Gasteiger partial charge on any atom is -0.481 e. The summed E-state index contributed by atoms with van der Waals surface area (Å²) < 4.78 is 39.4. The van der Waals surface area contributed by atoms with E-state index in [0.29, 0.717) is 25.9 Å². The molecule has 1 aliphatic heterocycles. The van der Waals surface area contributed by atoms with Crippen molar-refractivity contribution in [2.75, 3.05) is 19.6 Å². The van der Waals surface area contributed by atoms with Crippen molar-refractivity contribution in [2.45, 2.75) is 44.8 Å². The molecule has 32 heavy (non-hydrogen) atoms. The number of nitrogens with zero attached hydrogens (tertiary/aromatic N) is 3. The molecule has 0 spiro atoms. The fourth-order valence-electron chi connectivity index (χ4n) is 3.91. The maximum absolute atomic E-state index is 13.1. The van der Waals surface area contributed by atoms with Crippen LogP contribution in [0.3, 0.4) is 0 Å². The van der Waals surface area contributed by atoms with Gasteiger partial charge in [0, 0.05) is 31.0 Å². The molecule has 1 aliphatic rings. The molecule has 1 aromatic heterocycles. The van der Waals surface area contributed by atoms with Crippen LogP contribution in [-0.4, -0.2) is 51.5 Å². The smallest absolute Gasteiger partial charge is 0.416 e. The minimum absolute atomic E-state index is 0.165. The molecule has 2 heterocycles. The average molecular weight is 449 g/mol. The average Bonchev–Trinajstić information content (AvgIpc) is 3.11. The largest absolute Gasteiger partial charge is 0.481 e. The Bertz CT molecular complexity index is 965. The molecule has 0 saturated carbocycles. The van der Waals surface area contributed by atoms with Gasteiger partial charge in [0.1, 0.15) is 0 Å². The monoisotopic (exact) mass is 449 g/mol. The summed E-state index contributed by atoms with van der Waals surface area (Å²) >= 11 is 0. The zero-order valence-corrected chi connectivity index (χ0v) is 17.8. The van der Waals surface area contributed by atoms with Gasteiger partial charge < -0.3 is 14.9 Å². The second-order valence-electron chi connectivity index (χ2n) is 7.78. The van der Waals surface area contributed by atoms with Crippen molar-refractivity contribution in [3.63, 3.8) is 0 Å².